The van der Waals surface area contributed by atoms with Gasteiger partial charge in [0.2, 0.25) is 0 Å². The van der Waals surface area contributed by atoms with Crippen LogP contribution in [0.15, 0.2) is 30.4 Å². The van der Waals surface area contributed by atoms with E-state index in [1.54, 1.807) is 12.1 Å². The summed E-state index contributed by atoms with van der Waals surface area (Å²) in [6.45, 7) is 5.57. The molecule has 1 aromatic carbocycles. The Morgan fingerprint density at radius 2 is 2.18 bits per heavy atom. The maximum absolute atomic E-state index is 12.9. The van der Waals surface area contributed by atoms with E-state index >= 15 is 0 Å². The SMILES string of the molecule is C=C(C)C[C@H](N)c1cccc2c1OC(F)(F)O2. The maximum Gasteiger partial charge on any atom is 0.586 e. The number of benzene rings is 1. The van der Waals surface area contributed by atoms with E-state index in [2.05, 4.69) is 16.1 Å². The highest BCUT2D eigenvalue weighted by atomic mass is 19.3. The molecule has 1 aliphatic rings. The fraction of sp³-hybridized carbons (Fsp3) is 0.333. The average Bonchev–Trinajstić information content (AvgIpc) is 2.49. The predicted molar refractivity (Wildman–Crippen MR) is 59.0 cm³/mol. The molecular weight excluding hydrogens is 228 g/mol. The van der Waals surface area contributed by atoms with E-state index < -0.39 is 12.3 Å². The number of ether oxygens (including phenoxy) is 2. The first-order valence-electron chi connectivity index (χ1n) is 5.18. The number of nitrogens with two attached hydrogens (primary N) is 1. The molecule has 0 saturated heterocycles. The zero-order chi connectivity index (χ0) is 12.6. The lowest BCUT2D eigenvalue weighted by atomic mass is 10.00. The molecule has 0 aliphatic carbocycles. The van der Waals surface area contributed by atoms with Crippen molar-refractivity contribution in [2.45, 2.75) is 25.7 Å². The van der Waals surface area contributed by atoms with Crippen LogP contribution >= 0.6 is 0 Å². The molecule has 0 fully saturated rings. The zero-order valence-corrected chi connectivity index (χ0v) is 9.37. The van der Waals surface area contributed by atoms with Crippen LogP contribution in [0.3, 0.4) is 0 Å². The molecule has 2 rings (SSSR count). The third-order valence-corrected chi connectivity index (χ3v) is 2.43. The van der Waals surface area contributed by atoms with Crippen LogP contribution in [0.2, 0.25) is 0 Å². The van der Waals surface area contributed by atoms with Crippen molar-refractivity contribution in [3.05, 3.63) is 35.9 Å². The first kappa shape index (κ1) is 11.9. The van der Waals surface area contributed by atoms with Crippen molar-refractivity contribution in [1.82, 2.24) is 0 Å². The van der Waals surface area contributed by atoms with E-state index in [0.29, 0.717) is 12.0 Å². The van der Waals surface area contributed by atoms with Gasteiger partial charge in [-0.3, -0.25) is 0 Å². The van der Waals surface area contributed by atoms with E-state index in [1.807, 2.05) is 6.92 Å². The molecule has 1 heterocycles. The van der Waals surface area contributed by atoms with Gasteiger partial charge in [-0.15, -0.1) is 15.4 Å². The number of hydrogen-bond donors (Lipinski definition) is 1. The van der Waals surface area contributed by atoms with Crippen LogP contribution in [0.5, 0.6) is 11.5 Å². The quantitative estimate of drug-likeness (QED) is 0.827. The van der Waals surface area contributed by atoms with Gasteiger partial charge in [-0.25, -0.2) is 0 Å². The van der Waals surface area contributed by atoms with Gasteiger partial charge in [-0.1, -0.05) is 17.7 Å². The summed E-state index contributed by atoms with van der Waals surface area (Å²) >= 11 is 0. The minimum absolute atomic E-state index is 0.0182. The molecule has 5 heteroatoms. The van der Waals surface area contributed by atoms with Crippen molar-refractivity contribution in [2.24, 2.45) is 5.73 Å². The molecule has 0 unspecified atom stereocenters. The van der Waals surface area contributed by atoms with Crippen LogP contribution < -0.4 is 15.2 Å². The summed E-state index contributed by atoms with van der Waals surface area (Å²) in [5.41, 5.74) is 7.29. The Bertz CT molecular complexity index is 460. The molecular formula is C12H13F2NO2. The molecule has 1 atom stereocenters. The molecule has 0 spiro atoms. The highest BCUT2D eigenvalue weighted by molar-refractivity contribution is 5.50. The summed E-state index contributed by atoms with van der Waals surface area (Å²) in [7, 11) is 0. The van der Waals surface area contributed by atoms with Crippen molar-refractivity contribution < 1.29 is 18.3 Å². The minimum Gasteiger partial charge on any atom is -0.395 e. The Kier molecular flexibility index (Phi) is 2.79. The fourth-order valence-electron chi connectivity index (χ4n) is 1.77. The van der Waals surface area contributed by atoms with Crippen LogP contribution in [-0.4, -0.2) is 6.29 Å². The Morgan fingerprint density at radius 3 is 2.82 bits per heavy atom. The van der Waals surface area contributed by atoms with E-state index in [9.17, 15) is 8.78 Å². The van der Waals surface area contributed by atoms with Crippen LogP contribution in [-0.2, 0) is 0 Å². The van der Waals surface area contributed by atoms with E-state index in [1.165, 1.54) is 6.07 Å². The summed E-state index contributed by atoms with van der Waals surface area (Å²) in [5, 5.41) is 0. The van der Waals surface area contributed by atoms with Crippen molar-refractivity contribution >= 4 is 0 Å². The van der Waals surface area contributed by atoms with Crippen molar-refractivity contribution in [3.8, 4) is 11.5 Å². The van der Waals surface area contributed by atoms with Gasteiger partial charge in [0.05, 0.1) is 0 Å². The van der Waals surface area contributed by atoms with Crippen LogP contribution in [0.4, 0.5) is 8.78 Å². The van der Waals surface area contributed by atoms with Crippen molar-refractivity contribution in [2.75, 3.05) is 0 Å². The van der Waals surface area contributed by atoms with Gasteiger partial charge in [0, 0.05) is 11.6 Å². The van der Waals surface area contributed by atoms with Gasteiger partial charge in [0.15, 0.2) is 11.5 Å². The first-order valence-corrected chi connectivity index (χ1v) is 5.18. The van der Waals surface area contributed by atoms with Crippen LogP contribution in [0.1, 0.15) is 24.9 Å². The average molecular weight is 241 g/mol. The second kappa shape index (κ2) is 4.00. The van der Waals surface area contributed by atoms with Crippen molar-refractivity contribution in [3.63, 3.8) is 0 Å². The summed E-state index contributed by atoms with van der Waals surface area (Å²) < 4.78 is 34.7. The molecule has 0 amide bonds. The van der Waals surface area contributed by atoms with Gasteiger partial charge in [-0.05, 0) is 19.4 Å². The third kappa shape index (κ3) is 2.39. The fourth-order valence-corrected chi connectivity index (χ4v) is 1.77. The molecule has 0 bridgehead atoms. The number of para-hydroxylation sites is 1. The lowest BCUT2D eigenvalue weighted by Gasteiger charge is -2.14. The molecule has 92 valence electrons. The molecule has 1 aliphatic heterocycles. The van der Waals surface area contributed by atoms with Crippen LogP contribution in [0.25, 0.3) is 0 Å². The van der Waals surface area contributed by atoms with Crippen molar-refractivity contribution in [1.29, 1.82) is 0 Å². The molecule has 0 saturated carbocycles. The van der Waals surface area contributed by atoms with Gasteiger partial charge >= 0.3 is 6.29 Å². The second-order valence-corrected chi connectivity index (χ2v) is 4.11. The first-order chi connectivity index (χ1) is 7.89. The molecule has 2 N–H and O–H groups in total. The number of alkyl halides is 2. The number of halogens is 2. The highest BCUT2D eigenvalue weighted by Gasteiger charge is 2.44. The number of fused-ring (bicyclic) bond motifs is 1. The predicted octanol–water partition coefficient (Wildman–Crippen LogP) is 2.97. The standard InChI is InChI=1S/C12H13F2NO2/c1-7(2)6-9(15)8-4-3-5-10-11(8)17-12(13,14)16-10/h3-5,9H,1,6,15H2,2H3/t9-/m0/s1. The molecule has 0 aromatic heterocycles. The summed E-state index contributed by atoms with van der Waals surface area (Å²) in [6.07, 6.45) is -3.10. The topological polar surface area (TPSA) is 44.5 Å². The van der Waals surface area contributed by atoms with E-state index in [0.717, 1.165) is 5.57 Å². The van der Waals surface area contributed by atoms with Gasteiger partial charge in [-0.2, -0.15) is 0 Å². The largest absolute Gasteiger partial charge is 0.586 e. The van der Waals surface area contributed by atoms with Gasteiger partial charge in [0.25, 0.3) is 0 Å². The highest BCUT2D eigenvalue weighted by Crippen LogP contribution is 2.45. The Morgan fingerprint density at radius 1 is 1.47 bits per heavy atom. The second-order valence-electron chi connectivity index (χ2n) is 4.11. The lowest BCUT2D eigenvalue weighted by molar-refractivity contribution is -0.287. The molecule has 0 radical (unpaired) electrons. The van der Waals surface area contributed by atoms with E-state index in [-0.39, 0.29) is 11.5 Å². The van der Waals surface area contributed by atoms with E-state index in [4.69, 9.17) is 5.73 Å². The zero-order valence-electron chi connectivity index (χ0n) is 9.37. The smallest absolute Gasteiger partial charge is 0.395 e. The number of hydrogen-bond acceptors (Lipinski definition) is 3. The monoisotopic (exact) mass is 241 g/mol. The van der Waals surface area contributed by atoms with Gasteiger partial charge < -0.3 is 15.2 Å². The summed E-state index contributed by atoms with van der Waals surface area (Å²) in [4.78, 5) is 0. The van der Waals surface area contributed by atoms with Crippen LogP contribution in [0, 0.1) is 0 Å². The summed E-state index contributed by atoms with van der Waals surface area (Å²) in [6, 6.07) is 4.25. The molecule has 17 heavy (non-hydrogen) atoms. The Balaban J connectivity index is 2.32. The third-order valence-electron chi connectivity index (χ3n) is 2.43. The maximum atomic E-state index is 12.9. The minimum atomic E-state index is -3.61. The Labute approximate surface area is 97.8 Å². The normalized spacial score (nSPS) is 17.9. The molecule has 1 aromatic rings. The number of rotatable bonds is 3. The molecule has 3 nitrogen and oxygen atoms in total. The Hall–Kier alpha value is -1.62. The lowest BCUT2D eigenvalue weighted by Crippen LogP contribution is -2.26. The summed E-state index contributed by atoms with van der Waals surface area (Å²) in [5.74, 6) is 0.0379. The van der Waals surface area contributed by atoms with Gasteiger partial charge in [0.1, 0.15) is 0 Å².